The summed E-state index contributed by atoms with van der Waals surface area (Å²) in [4.78, 5) is 25.4. The quantitative estimate of drug-likeness (QED) is 0.646. The second-order valence-electron chi connectivity index (χ2n) is 7.83. The highest BCUT2D eigenvalue weighted by atomic mass is 32.2. The van der Waals surface area contributed by atoms with E-state index in [-0.39, 0.29) is 11.3 Å². The van der Waals surface area contributed by atoms with Gasteiger partial charge in [0.2, 0.25) is 5.16 Å². The van der Waals surface area contributed by atoms with Crippen molar-refractivity contribution in [2.24, 2.45) is 0 Å². The summed E-state index contributed by atoms with van der Waals surface area (Å²) in [6, 6.07) is 0. The Labute approximate surface area is 158 Å². The SMILES string of the molecule is CSc1nnc(C(C)(C)C)c(=O)n1N/C=C1\C(=O)CCC2=C1CCCC2. The number of hydrogen-bond acceptors (Lipinski definition) is 6. The summed E-state index contributed by atoms with van der Waals surface area (Å²) in [6.45, 7) is 5.80. The largest absolute Gasteiger partial charge is 0.296 e. The fraction of sp³-hybridized carbons (Fsp3) is 0.579. The van der Waals surface area contributed by atoms with E-state index >= 15 is 0 Å². The van der Waals surface area contributed by atoms with Gasteiger partial charge in [-0.05, 0) is 43.9 Å². The van der Waals surface area contributed by atoms with E-state index in [2.05, 4.69) is 15.6 Å². The number of nitrogens with one attached hydrogen (secondary N) is 1. The zero-order valence-electron chi connectivity index (χ0n) is 15.9. The number of rotatable bonds is 3. The predicted molar refractivity (Wildman–Crippen MR) is 104 cm³/mol. The lowest BCUT2D eigenvalue weighted by molar-refractivity contribution is -0.115. The molecule has 0 spiro atoms. The average molecular weight is 375 g/mol. The van der Waals surface area contributed by atoms with E-state index in [0.29, 0.717) is 17.3 Å². The van der Waals surface area contributed by atoms with E-state index in [1.807, 2.05) is 27.0 Å². The molecule has 2 aliphatic carbocycles. The number of Topliss-reactive ketones (excluding diaryl/α,β-unsaturated/α-hetero) is 1. The van der Waals surface area contributed by atoms with Gasteiger partial charge in [0.05, 0.1) is 0 Å². The lowest BCUT2D eigenvalue weighted by atomic mass is 9.79. The summed E-state index contributed by atoms with van der Waals surface area (Å²) in [5, 5.41) is 8.76. The maximum atomic E-state index is 12.9. The Morgan fingerprint density at radius 2 is 1.81 bits per heavy atom. The van der Waals surface area contributed by atoms with E-state index < -0.39 is 5.41 Å². The minimum atomic E-state index is -0.405. The van der Waals surface area contributed by atoms with Gasteiger partial charge in [0, 0.05) is 23.6 Å². The third kappa shape index (κ3) is 3.63. The highest BCUT2D eigenvalue weighted by Crippen LogP contribution is 2.36. The zero-order chi connectivity index (χ0) is 18.9. The monoisotopic (exact) mass is 374 g/mol. The molecule has 1 aromatic rings. The van der Waals surface area contributed by atoms with Crippen LogP contribution in [0.4, 0.5) is 0 Å². The third-order valence-electron chi connectivity index (χ3n) is 4.92. The Balaban J connectivity index is 2.02. The molecule has 0 unspecified atom stereocenters. The van der Waals surface area contributed by atoms with Crippen molar-refractivity contribution in [2.45, 2.75) is 69.9 Å². The van der Waals surface area contributed by atoms with Gasteiger partial charge in [0.1, 0.15) is 5.69 Å². The average Bonchev–Trinajstić information content (AvgIpc) is 2.60. The fourth-order valence-corrected chi connectivity index (χ4v) is 3.96. The number of nitrogens with zero attached hydrogens (tertiary/aromatic N) is 3. The van der Waals surface area contributed by atoms with E-state index in [0.717, 1.165) is 31.3 Å². The maximum Gasteiger partial charge on any atom is 0.295 e. The molecule has 7 heteroatoms. The number of allylic oxidation sites excluding steroid dienone is 3. The molecule has 6 nitrogen and oxygen atoms in total. The van der Waals surface area contributed by atoms with Crippen molar-refractivity contribution < 1.29 is 4.79 Å². The summed E-state index contributed by atoms with van der Waals surface area (Å²) in [7, 11) is 0. The number of carbonyl (C=O) groups is 1. The number of carbonyl (C=O) groups excluding carboxylic acids is 1. The molecule has 0 fully saturated rings. The van der Waals surface area contributed by atoms with Crippen LogP contribution >= 0.6 is 11.8 Å². The van der Waals surface area contributed by atoms with Gasteiger partial charge in [-0.25, -0.2) is 0 Å². The van der Waals surface area contributed by atoms with Crippen LogP contribution in [0.3, 0.4) is 0 Å². The lowest BCUT2D eigenvalue weighted by Gasteiger charge is -2.26. The number of hydrogen-bond donors (Lipinski definition) is 1. The van der Waals surface area contributed by atoms with Crippen LogP contribution in [0, 0.1) is 0 Å². The van der Waals surface area contributed by atoms with Crippen LogP contribution in [0.25, 0.3) is 0 Å². The smallest absolute Gasteiger partial charge is 0.295 e. The summed E-state index contributed by atoms with van der Waals surface area (Å²) in [5.74, 6) is 0.148. The van der Waals surface area contributed by atoms with Crippen molar-refractivity contribution in [1.29, 1.82) is 0 Å². The molecule has 1 N–H and O–H groups in total. The first kappa shape index (κ1) is 18.9. The Kier molecular flexibility index (Phi) is 5.37. The standard InChI is InChI=1S/C19H26N4O2S/c1-19(2,3)16-17(25)23(18(26-4)22-21-16)20-11-14-13-8-6-5-7-12(13)9-10-15(14)24/h11,20H,5-10H2,1-4H3/b14-11-. The van der Waals surface area contributed by atoms with Crippen molar-refractivity contribution >= 4 is 17.5 Å². The van der Waals surface area contributed by atoms with E-state index in [4.69, 9.17) is 0 Å². The third-order valence-corrected chi connectivity index (χ3v) is 5.55. The van der Waals surface area contributed by atoms with Gasteiger partial charge < -0.3 is 0 Å². The normalized spacial score (nSPS) is 19.7. The van der Waals surface area contributed by atoms with E-state index in [1.54, 1.807) is 6.20 Å². The zero-order valence-corrected chi connectivity index (χ0v) is 16.7. The summed E-state index contributed by atoms with van der Waals surface area (Å²) in [6.07, 6.45) is 9.32. The highest BCUT2D eigenvalue weighted by Gasteiger charge is 2.27. The number of thioether (sulfide) groups is 1. The first-order valence-corrected chi connectivity index (χ1v) is 10.3. The molecule has 0 saturated carbocycles. The van der Waals surface area contributed by atoms with Crippen LogP contribution in [-0.2, 0) is 10.2 Å². The summed E-state index contributed by atoms with van der Waals surface area (Å²) >= 11 is 1.34. The van der Waals surface area contributed by atoms with Crippen molar-refractivity contribution in [1.82, 2.24) is 14.9 Å². The molecule has 0 radical (unpaired) electrons. The molecule has 1 heterocycles. The molecule has 0 aliphatic heterocycles. The van der Waals surface area contributed by atoms with Crippen LogP contribution < -0.4 is 11.0 Å². The molecule has 140 valence electrons. The number of ketones is 1. The first-order chi connectivity index (χ1) is 12.3. The summed E-state index contributed by atoms with van der Waals surface area (Å²) in [5.41, 5.74) is 6.11. The summed E-state index contributed by atoms with van der Waals surface area (Å²) < 4.78 is 1.40. The van der Waals surface area contributed by atoms with Crippen LogP contribution in [0.1, 0.15) is 65.0 Å². The molecule has 1 aromatic heterocycles. The van der Waals surface area contributed by atoms with E-state index in [9.17, 15) is 9.59 Å². The first-order valence-electron chi connectivity index (χ1n) is 9.08. The van der Waals surface area contributed by atoms with Gasteiger partial charge in [-0.1, -0.05) is 38.1 Å². The Hall–Kier alpha value is -1.89. The van der Waals surface area contributed by atoms with Gasteiger partial charge in [-0.15, -0.1) is 10.2 Å². The second-order valence-corrected chi connectivity index (χ2v) is 8.60. The van der Waals surface area contributed by atoms with Gasteiger partial charge >= 0.3 is 0 Å². The molecule has 0 amide bonds. The topological polar surface area (TPSA) is 76.9 Å². The molecule has 3 rings (SSSR count). The van der Waals surface area contributed by atoms with Crippen molar-refractivity contribution in [2.75, 3.05) is 11.7 Å². The highest BCUT2D eigenvalue weighted by molar-refractivity contribution is 7.98. The fourth-order valence-electron chi connectivity index (χ4n) is 3.52. The van der Waals surface area contributed by atoms with Crippen LogP contribution in [0.2, 0.25) is 0 Å². The lowest BCUT2D eigenvalue weighted by Crippen LogP contribution is -2.37. The predicted octanol–water partition coefficient (Wildman–Crippen LogP) is 3.32. The minimum absolute atomic E-state index is 0.148. The maximum absolute atomic E-state index is 12.9. The van der Waals surface area contributed by atoms with Gasteiger partial charge in [0.25, 0.3) is 5.56 Å². The van der Waals surface area contributed by atoms with Crippen molar-refractivity contribution in [3.05, 3.63) is 39.0 Å². The number of aromatic nitrogens is 3. The van der Waals surface area contributed by atoms with E-state index in [1.165, 1.54) is 34.0 Å². The van der Waals surface area contributed by atoms with Gasteiger partial charge in [-0.2, -0.15) is 4.68 Å². The minimum Gasteiger partial charge on any atom is -0.296 e. The van der Waals surface area contributed by atoms with Crippen LogP contribution in [0.5, 0.6) is 0 Å². The van der Waals surface area contributed by atoms with Crippen molar-refractivity contribution in [3.63, 3.8) is 0 Å². The van der Waals surface area contributed by atoms with Gasteiger partial charge in [-0.3, -0.25) is 15.0 Å². The van der Waals surface area contributed by atoms with Crippen LogP contribution in [0.15, 0.2) is 32.9 Å². The van der Waals surface area contributed by atoms with Gasteiger partial charge in [0.15, 0.2) is 5.78 Å². The Morgan fingerprint density at radius 1 is 1.08 bits per heavy atom. The molecular weight excluding hydrogens is 348 g/mol. The van der Waals surface area contributed by atoms with Crippen LogP contribution in [-0.4, -0.2) is 26.9 Å². The molecule has 0 saturated heterocycles. The molecular formula is C19H26N4O2S. The molecule has 26 heavy (non-hydrogen) atoms. The van der Waals surface area contributed by atoms with Crippen molar-refractivity contribution in [3.8, 4) is 0 Å². The molecule has 0 aromatic carbocycles. The molecule has 0 atom stereocenters. The Morgan fingerprint density at radius 3 is 2.50 bits per heavy atom. The Bertz CT molecular complexity index is 846. The molecule has 2 aliphatic rings. The second kappa shape index (κ2) is 7.39. The molecule has 0 bridgehead atoms.